The number of halogens is 1. The number of benzene rings is 1. The zero-order valence-electron chi connectivity index (χ0n) is 18.9. The van der Waals surface area contributed by atoms with Crippen LogP contribution in [0.3, 0.4) is 0 Å². The van der Waals surface area contributed by atoms with Gasteiger partial charge in [0.1, 0.15) is 23.4 Å². The lowest BCUT2D eigenvalue weighted by Gasteiger charge is -2.31. The van der Waals surface area contributed by atoms with Gasteiger partial charge in [-0.3, -0.25) is 9.89 Å². The smallest absolute Gasteiger partial charge is 0.208 e. The van der Waals surface area contributed by atoms with Gasteiger partial charge in [-0.25, -0.2) is 9.37 Å². The van der Waals surface area contributed by atoms with Gasteiger partial charge in [-0.15, -0.1) is 0 Å². The molecule has 2 heterocycles. The topological polar surface area (TPSA) is 74.9 Å². The van der Waals surface area contributed by atoms with E-state index in [1.165, 1.54) is 12.1 Å². The summed E-state index contributed by atoms with van der Waals surface area (Å²) in [4.78, 5) is 11.2. The number of hydrogen-bond donors (Lipinski definition) is 2. The molecule has 1 saturated heterocycles. The fourth-order valence-corrected chi connectivity index (χ4v) is 3.66. The quantitative estimate of drug-likeness (QED) is 0.494. The molecule has 0 radical (unpaired) electrons. The number of aliphatic imine (C=N–C) groups is 1. The van der Waals surface area contributed by atoms with Crippen molar-refractivity contribution in [2.45, 2.75) is 46.3 Å². The van der Waals surface area contributed by atoms with Crippen LogP contribution in [0.15, 0.2) is 33.7 Å². The van der Waals surface area contributed by atoms with Crippen LogP contribution in [0.25, 0.3) is 0 Å². The summed E-state index contributed by atoms with van der Waals surface area (Å²) in [6, 6.07) is 6.19. The summed E-state index contributed by atoms with van der Waals surface area (Å²) in [6.45, 7) is 10.2. The summed E-state index contributed by atoms with van der Waals surface area (Å²) in [7, 11) is 1.76. The van der Waals surface area contributed by atoms with E-state index in [0.717, 1.165) is 62.3 Å². The molecule has 0 aliphatic carbocycles. The molecule has 2 N–H and O–H groups in total. The van der Waals surface area contributed by atoms with Gasteiger partial charge in [0.2, 0.25) is 5.89 Å². The van der Waals surface area contributed by atoms with E-state index in [1.807, 2.05) is 20.8 Å². The number of oxazole rings is 1. The van der Waals surface area contributed by atoms with E-state index in [-0.39, 0.29) is 11.9 Å². The normalized spacial score (nSPS) is 16.9. The van der Waals surface area contributed by atoms with Gasteiger partial charge in [0, 0.05) is 19.7 Å². The summed E-state index contributed by atoms with van der Waals surface area (Å²) in [6.07, 6.45) is 2.13. The van der Waals surface area contributed by atoms with Crippen LogP contribution >= 0.6 is 0 Å². The van der Waals surface area contributed by atoms with E-state index in [4.69, 9.17) is 9.15 Å². The molecule has 2 aromatic rings. The van der Waals surface area contributed by atoms with Crippen LogP contribution in [0.5, 0.6) is 5.75 Å². The van der Waals surface area contributed by atoms with Crippen LogP contribution in [0.1, 0.15) is 37.1 Å². The van der Waals surface area contributed by atoms with E-state index in [9.17, 15) is 4.39 Å². The summed E-state index contributed by atoms with van der Waals surface area (Å²) in [5, 5.41) is 6.70. The maximum absolute atomic E-state index is 13.3. The molecule has 0 saturated carbocycles. The first kappa shape index (κ1) is 23.1. The van der Waals surface area contributed by atoms with Gasteiger partial charge in [0.25, 0.3) is 0 Å². The van der Waals surface area contributed by atoms with Crippen LogP contribution in [0.2, 0.25) is 0 Å². The molecule has 1 aliphatic heterocycles. The Kier molecular flexibility index (Phi) is 8.28. The number of hydrogen-bond acceptors (Lipinski definition) is 5. The maximum atomic E-state index is 13.3. The van der Waals surface area contributed by atoms with Gasteiger partial charge in [0.05, 0.1) is 18.8 Å². The summed E-state index contributed by atoms with van der Waals surface area (Å²) < 4.78 is 24.7. The Labute approximate surface area is 184 Å². The first-order valence-corrected chi connectivity index (χ1v) is 10.9. The van der Waals surface area contributed by atoms with E-state index in [0.29, 0.717) is 18.2 Å². The number of aromatic nitrogens is 1. The van der Waals surface area contributed by atoms with Crippen LogP contribution in [-0.4, -0.2) is 55.2 Å². The Morgan fingerprint density at radius 3 is 2.74 bits per heavy atom. The van der Waals surface area contributed by atoms with E-state index in [1.54, 1.807) is 19.2 Å². The zero-order chi connectivity index (χ0) is 22.2. The Morgan fingerprint density at radius 2 is 2.10 bits per heavy atom. The van der Waals surface area contributed by atoms with Crippen molar-refractivity contribution in [2.75, 3.05) is 33.2 Å². The van der Waals surface area contributed by atoms with Crippen LogP contribution in [0, 0.1) is 25.6 Å². The number of nitrogens with zero attached hydrogens (tertiary/aromatic N) is 3. The Morgan fingerprint density at radius 1 is 1.32 bits per heavy atom. The van der Waals surface area contributed by atoms with Crippen molar-refractivity contribution in [1.82, 2.24) is 20.5 Å². The zero-order valence-corrected chi connectivity index (χ0v) is 18.9. The van der Waals surface area contributed by atoms with Crippen LogP contribution in [-0.2, 0) is 6.54 Å². The summed E-state index contributed by atoms with van der Waals surface area (Å²) >= 11 is 0. The number of ether oxygens (including phenoxy) is 1. The van der Waals surface area contributed by atoms with Crippen molar-refractivity contribution in [2.24, 2.45) is 10.9 Å². The molecule has 0 amide bonds. The lowest BCUT2D eigenvalue weighted by Crippen LogP contribution is -2.45. The molecule has 3 rings (SSSR count). The summed E-state index contributed by atoms with van der Waals surface area (Å²) in [5.74, 6) is 3.30. The highest BCUT2D eigenvalue weighted by atomic mass is 19.1. The molecule has 31 heavy (non-hydrogen) atoms. The largest absolute Gasteiger partial charge is 0.489 e. The second-order valence-corrected chi connectivity index (χ2v) is 8.19. The van der Waals surface area contributed by atoms with Gasteiger partial charge in [-0.1, -0.05) is 6.07 Å². The van der Waals surface area contributed by atoms with Gasteiger partial charge >= 0.3 is 0 Å². The number of likely N-dealkylation sites (tertiary alicyclic amines) is 1. The highest BCUT2D eigenvalue weighted by molar-refractivity contribution is 5.79. The average Bonchev–Trinajstić information content (AvgIpc) is 3.06. The highest BCUT2D eigenvalue weighted by Crippen LogP contribution is 2.19. The SMILES string of the molecule is CN=C(NCC1CCN(Cc2nc(C)c(C)o2)CC1)NCC(C)Oc1cccc(F)c1. The molecule has 0 spiro atoms. The van der Waals surface area contributed by atoms with E-state index in [2.05, 4.69) is 25.5 Å². The first-order chi connectivity index (χ1) is 14.9. The van der Waals surface area contributed by atoms with Gasteiger partial charge < -0.3 is 19.8 Å². The predicted octanol–water partition coefficient (Wildman–Crippen LogP) is 3.28. The monoisotopic (exact) mass is 431 g/mol. The lowest BCUT2D eigenvalue weighted by molar-refractivity contribution is 0.164. The number of nitrogens with one attached hydrogen (secondary N) is 2. The standard InChI is InChI=1S/C23H34FN5O2/c1-16(30-21-7-5-6-20(24)12-21)13-26-23(25-4)27-14-19-8-10-29(11-9-19)15-22-28-17(2)18(3)31-22/h5-7,12,16,19H,8-11,13-15H2,1-4H3,(H2,25,26,27). The molecule has 1 unspecified atom stereocenters. The van der Waals surface area contributed by atoms with Crippen LogP contribution in [0.4, 0.5) is 4.39 Å². The van der Waals surface area contributed by atoms with Gasteiger partial charge in [-0.05, 0) is 64.8 Å². The molecular formula is C23H34FN5O2. The molecule has 1 aliphatic rings. The highest BCUT2D eigenvalue weighted by Gasteiger charge is 2.21. The van der Waals surface area contributed by atoms with Gasteiger partial charge in [0.15, 0.2) is 5.96 Å². The number of piperidine rings is 1. The van der Waals surface area contributed by atoms with Gasteiger partial charge in [-0.2, -0.15) is 0 Å². The van der Waals surface area contributed by atoms with E-state index < -0.39 is 0 Å². The number of guanidine groups is 1. The second kappa shape index (κ2) is 11.1. The minimum absolute atomic E-state index is 0.119. The molecule has 1 aromatic heterocycles. The summed E-state index contributed by atoms with van der Waals surface area (Å²) in [5.41, 5.74) is 0.976. The van der Waals surface area contributed by atoms with Crippen molar-refractivity contribution >= 4 is 5.96 Å². The third-order valence-electron chi connectivity index (χ3n) is 5.61. The molecule has 1 aromatic carbocycles. The predicted molar refractivity (Wildman–Crippen MR) is 120 cm³/mol. The Bertz CT molecular complexity index is 842. The first-order valence-electron chi connectivity index (χ1n) is 10.9. The minimum Gasteiger partial charge on any atom is -0.489 e. The number of aryl methyl sites for hydroxylation is 2. The fraction of sp³-hybridized carbons (Fsp3) is 0.565. The fourth-order valence-electron chi connectivity index (χ4n) is 3.66. The minimum atomic E-state index is -0.299. The molecule has 170 valence electrons. The average molecular weight is 432 g/mol. The molecule has 1 atom stereocenters. The molecule has 7 nitrogen and oxygen atoms in total. The van der Waals surface area contributed by atoms with Crippen molar-refractivity contribution in [3.05, 3.63) is 47.4 Å². The van der Waals surface area contributed by atoms with E-state index >= 15 is 0 Å². The molecule has 8 heteroatoms. The molecular weight excluding hydrogens is 397 g/mol. The third kappa shape index (κ3) is 7.24. The lowest BCUT2D eigenvalue weighted by atomic mass is 9.97. The Hall–Kier alpha value is -2.61. The van der Waals surface area contributed by atoms with Crippen LogP contribution < -0.4 is 15.4 Å². The van der Waals surface area contributed by atoms with Crippen molar-refractivity contribution in [1.29, 1.82) is 0 Å². The molecule has 0 bridgehead atoms. The van der Waals surface area contributed by atoms with Crippen molar-refractivity contribution in [3.8, 4) is 5.75 Å². The Balaban J connectivity index is 1.34. The van der Waals surface area contributed by atoms with Crippen molar-refractivity contribution in [3.63, 3.8) is 0 Å². The third-order valence-corrected chi connectivity index (χ3v) is 5.61. The number of rotatable bonds is 8. The molecule has 1 fully saturated rings. The van der Waals surface area contributed by atoms with Crippen molar-refractivity contribution < 1.29 is 13.5 Å². The second-order valence-electron chi connectivity index (χ2n) is 8.19. The maximum Gasteiger partial charge on any atom is 0.208 e.